The minimum atomic E-state index is -0.826. The molecular formula is C16H25NO3. The maximum absolute atomic E-state index is 12.6. The number of likely N-dealkylation sites (tertiary alicyclic amines) is 1. The fourth-order valence-electron chi connectivity index (χ4n) is 4.25. The summed E-state index contributed by atoms with van der Waals surface area (Å²) in [6.45, 7) is 0.643. The number of carboxylic acids is 1. The molecule has 1 N–H and O–H groups in total. The molecule has 0 aromatic carbocycles. The summed E-state index contributed by atoms with van der Waals surface area (Å²) in [6.07, 6.45) is 10.0. The molecule has 0 radical (unpaired) electrons. The monoisotopic (exact) mass is 279 g/mol. The van der Waals surface area contributed by atoms with Crippen molar-refractivity contribution in [3.8, 4) is 0 Å². The third-order valence-corrected chi connectivity index (χ3v) is 5.48. The normalized spacial score (nSPS) is 34.8. The van der Waals surface area contributed by atoms with Gasteiger partial charge in [0.15, 0.2) is 0 Å². The molecule has 0 spiro atoms. The molecule has 1 saturated heterocycles. The van der Waals surface area contributed by atoms with Gasteiger partial charge in [-0.15, -0.1) is 0 Å². The quantitative estimate of drug-likeness (QED) is 0.864. The highest BCUT2D eigenvalue weighted by Gasteiger charge is 2.50. The lowest BCUT2D eigenvalue weighted by Crippen LogP contribution is -2.48. The van der Waals surface area contributed by atoms with Crippen molar-refractivity contribution in [2.24, 2.45) is 17.8 Å². The van der Waals surface area contributed by atoms with Gasteiger partial charge in [0.1, 0.15) is 6.04 Å². The molecule has 3 rings (SSSR count). The summed E-state index contributed by atoms with van der Waals surface area (Å²) in [5.74, 6) is 0.726. The first-order valence-corrected chi connectivity index (χ1v) is 8.22. The van der Waals surface area contributed by atoms with Gasteiger partial charge in [-0.05, 0) is 37.5 Å². The Hall–Kier alpha value is -1.06. The first kappa shape index (κ1) is 13.9. The van der Waals surface area contributed by atoms with E-state index in [-0.39, 0.29) is 11.8 Å². The van der Waals surface area contributed by atoms with Crippen LogP contribution in [0.25, 0.3) is 0 Å². The molecule has 4 nitrogen and oxygen atoms in total. The van der Waals surface area contributed by atoms with Crippen LogP contribution in [0.2, 0.25) is 0 Å². The highest BCUT2D eigenvalue weighted by molar-refractivity contribution is 5.87. The Morgan fingerprint density at radius 1 is 0.950 bits per heavy atom. The summed E-state index contributed by atoms with van der Waals surface area (Å²) in [5, 5.41) is 9.28. The van der Waals surface area contributed by atoms with Gasteiger partial charge in [0.25, 0.3) is 0 Å². The molecule has 3 aliphatic rings. The van der Waals surface area contributed by atoms with Crippen molar-refractivity contribution in [2.45, 2.75) is 63.8 Å². The van der Waals surface area contributed by atoms with Gasteiger partial charge in [-0.3, -0.25) is 4.79 Å². The number of amides is 1. The first-order valence-electron chi connectivity index (χ1n) is 8.22. The van der Waals surface area contributed by atoms with Crippen LogP contribution in [0.1, 0.15) is 57.8 Å². The summed E-state index contributed by atoms with van der Waals surface area (Å²) in [6, 6.07) is -0.566. The molecule has 20 heavy (non-hydrogen) atoms. The molecule has 2 saturated carbocycles. The van der Waals surface area contributed by atoms with Gasteiger partial charge in [0, 0.05) is 12.5 Å². The van der Waals surface area contributed by atoms with Gasteiger partial charge in [-0.1, -0.05) is 32.1 Å². The standard InChI is InChI=1S/C16H25NO3/c18-15(17-9-5-4-8-14(17)16(19)20)13-10-12(13)11-6-2-1-3-7-11/h11-14H,1-10H2,(H,19,20)/t12?,13?,14-/m1/s1. The zero-order valence-corrected chi connectivity index (χ0v) is 12.1. The molecule has 2 aliphatic carbocycles. The minimum Gasteiger partial charge on any atom is -0.480 e. The van der Waals surface area contributed by atoms with E-state index in [4.69, 9.17) is 0 Å². The zero-order valence-electron chi connectivity index (χ0n) is 12.1. The maximum Gasteiger partial charge on any atom is 0.326 e. The largest absolute Gasteiger partial charge is 0.480 e. The number of piperidine rings is 1. The van der Waals surface area contributed by atoms with Gasteiger partial charge in [0.2, 0.25) is 5.91 Å². The van der Waals surface area contributed by atoms with Crippen molar-refractivity contribution in [1.29, 1.82) is 0 Å². The smallest absolute Gasteiger partial charge is 0.326 e. The third kappa shape index (κ3) is 2.70. The molecule has 3 fully saturated rings. The summed E-state index contributed by atoms with van der Waals surface area (Å²) in [4.78, 5) is 25.6. The van der Waals surface area contributed by atoms with Crippen LogP contribution in [0, 0.1) is 17.8 Å². The van der Waals surface area contributed by atoms with E-state index in [0.29, 0.717) is 18.9 Å². The lowest BCUT2D eigenvalue weighted by Gasteiger charge is -2.33. The van der Waals surface area contributed by atoms with E-state index in [9.17, 15) is 14.7 Å². The van der Waals surface area contributed by atoms with Crippen LogP contribution >= 0.6 is 0 Å². The van der Waals surface area contributed by atoms with Crippen molar-refractivity contribution in [3.05, 3.63) is 0 Å². The second-order valence-electron chi connectivity index (χ2n) is 6.79. The van der Waals surface area contributed by atoms with Crippen molar-refractivity contribution in [1.82, 2.24) is 4.90 Å². The minimum absolute atomic E-state index is 0.132. The molecule has 1 heterocycles. The van der Waals surface area contributed by atoms with E-state index in [2.05, 4.69) is 0 Å². The SMILES string of the molecule is O=C(O)[C@H]1CCCCN1C(=O)C1CC1C1CCCCC1. The molecular weight excluding hydrogens is 254 g/mol. The van der Waals surface area contributed by atoms with Crippen molar-refractivity contribution < 1.29 is 14.7 Å². The molecule has 112 valence electrons. The Morgan fingerprint density at radius 3 is 2.35 bits per heavy atom. The molecule has 0 aromatic heterocycles. The molecule has 0 aromatic rings. The van der Waals surface area contributed by atoms with Crippen LogP contribution in [0.15, 0.2) is 0 Å². The predicted octanol–water partition coefficient (Wildman–Crippen LogP) is 2.67. The van der Waals surface area contributed by atoms with Crippen LogP contribution in [-0.2, 0) is 9.59 Å². The van der Waals surface area contributed by atoms with E-state index >= 15 is 0 Å². The Kier molecular flexibility index (Phi) is 3.99. The number of carbonyl (C=O) groups excluding carboxylic acids is 1. The molecule has 1 amide bonds. The van der Waals surface area contributed by atoms with Crippen LogP contribution in [0.5, 0.6) is 0 Å². The fourth-order valence-corrected chi connectivity index (χ4v) is 4.25. The van der Waals surface area contributed by atoms with Gasteiger partial charge in [-0.2, -0.15) is 0 Å². The lowest BCUT2D eigenvalue weighted by atomic mass is 9.85. The topological polar surface area (TPSA) is 57.6 Å². The average molecular weight is 279 g/mol. The number of hydrogen-bond donors (Lipinski definition) is 1. The number of carboxylic acid groups (broad SMARTS) is 1. The summed E-state index contributed by atoms with van der Waals surface area (Å²) in [5.41, 5.74) is 0. The number of rotatable bonds is 3. The zero-order chi connectivity index (χ0) is 14.1. The summed E-state index contributed by atoms with van der Waals surface area (Å²) >= 11 is 0. The maximum atomic E-state index is 12.6. The highest BCUT2D eigenvalue weighted by Crippen LogP contribution is 2.50. The fraction of sp³-hybridized carbons (Fsp3) is 0.875. The van der Waals surface area contributed by atoms with Gasteiger partial charge in [0.05, 0.1) is 0 Å². The second-order valence-corrected chi connectivity index (χ2v) is 6.79. The van der Waals surface area contributed by atoms with E-state index in [1.54, 1.807) is 4.90 Å². The van der Waals surface area contributed by atoms with Crippen LogP contribution in [-0.4, -0.2) is 34.5 Å². The number of hydrogen-bond acceptors (Lipinski definition) is 2. The predicted molar refractivity (Wildman–Crippen MR) is 75.2 cm³/mol. The summed E-state index contributed by atoms with van der Waals surface area (Å²) in [7, 11) is 0. The van der Waals surface area contributed by atoms with E-state index in [1.165, 1.54) is 32.1 Å². The van der Waals surface area contributed by atoms with E-state index in [1.807, 2.05) is 0 Å². The Bertz CT molecular complexity index is 389. The summed E-state index contributed by atoms with van der Waals surface area (Å²) < 4.78 is 0. The Labute approximate surface area is 120 Å². The Balaban J connectivity index is 1.60. The van der Waals surface area contributed by atoms with Crippen LogP contribution < -0.4 is 0 Å². The van der Waals surface area contributed by atoms with Gasteiger partial charge < -0.3 is 10.0 Å². The molecule has 2 unspecified atom stereocenters. The lowest BCUT2D eigenvalue weighted by molar-refractivity contribution is -0.152. The highest BCUT2D eigenvalue weighted by atomic mass is 16.4. The second kappa shape index (κ2) is 5.74. The van der Waals surface area contributed by atoms with Crippen LogP contribution in [0.3, 0.4) is 0 Å². The molecule has 4 heteroatoms. The van der Waals surface area contributed by atoms with Gasteiger partial charge >= 0.3 is 5.97 Å². The first-order chi connectivity index (χ1) is 9.68. The van der Waals surface area contributed by atoms with Crippen LogP contribution in [0.4, 0.5) is 0 Å². The average Bonchev–Trinajstić information content (AvgIpc) is 3.28. The number of aliphatic carboxylic acids is 1. The van der Waals surface area contributed by atoms with Crippen molar-refractivity contribution in [3.63, 3.8) is 0 Å². The van der Waals surface area contributed by atoms with Crippen molar-refractivity contribution >= 4 is 11.9 Å². The number of nitrogens with zero attached hydrogens (tertiary/aromatic N) is 1. The molecule has 1 aliphatic heterocycles. The Morgan fingerprint density at radius 2 is 1.65 bits per heavy atom. The van der Waals surface area contributed by atoms with E-state index < -0.39 is 12.0 Å². The van der Waals surface area contributed by atoms with Gasteiger partial charge in [-0.25, -0.2) is 4.79 Å². The van der Waals surface area contributed by atoms with Crippen molar-refractivity contribution in [2.75, 3.05) is 6.54 Å². The third-order valence-electron chi connectivity index (χ3n) is 5.48. The molecule has 3 atom stereocenters. The molecule has 0 bridgehead atoms. The number of carbonyl (C=O) groups is 2. The van der Waals surface area contributed by atoms with E-state index in [0.717, 1.165) is 25.2 Å².